The van der Waals surface area contributed by atoms with Crippen molar-refractivity contribution in [2.75, 3.05) is 43.9 Å². The van der Waals surface area contributed by atoms with Crippen molar-refractivity contribution in [1.29, 1.82) is 0 Å². The summed E-state index contributed by atoms with van der Waals surface area (Å²) < 4.78 is 5.83. The minimum Gasteiger partial charge on any atom is -0.449 e. The molecule has 2 aliphatic rings. The van der Waals surface area contributed by atoms with Crippen LogP contribution in [0.5, 0.6) is 0 Å². The SMILES string of the molecule is CN1CCN(C(=O)[C@H]2CC[C@H](C(=O)Nc3c(C(=O)Nc4ccc(Cl)cn4)oc4ccccc34)CC2)CC1. The number of carbonyl (C=O) groups is 3. The summed E-state index contributed by atoms with van der Waals surface area (Å²) in [4.78, 5) is 47.6. The van der Waals surface area contributed by atoms with Gasteiger partial charge in [-0.1, -0.05) is 23.7 Å². The highest BCUT2D eigenvalue weighted by atomic mass is 35.5. The molecule has 37 heavy (non-hydrogen) atoms. The first-order valence-electron chi connectivity index (χ1n) is 12.6. The van der Waals surface area contributed by atoms with Gasteiger partial charge in [0.25, 0.3) is 5.91 Å². The van der Waals surface area contributed by atoms with Gasteiger partial charge in [0.15, 0.2) is 0 Å². The summed E-state index contributed by atoms with van der Waals surface area (Å²) in [6.07, 6.45) is 4.06. The summed E-state index contributed by atoms with van der Waals surface area (Å²) in [5.74, 6) is -0.434. The summed E-state index contributed by atoms with van der Waals surface area (Å²) >= 11 is 5.88. The maximum absolute atomic E-state index is 13.3. The van der Waals surface area contributed by atoms with Gasteiger partial charge >= 0.3 is 0 Å². The Morgan fingerprint density at radius 2 is 1.65 bits per heavy atom. The highest BCUT2D eigenvalue weighted by molar-refractivity contribution is 6.30. The van der Waals surface area contributed by atoms with E-state index >= 15 is 0 Å². The number of benzene rings is 1. The van der Waals surface area contributed by atoms with Gasteiger partial charge in [0.1, 0.15) is 17.1 Å². The molecule has 3 aromatic rings. The van der Waals surface area contributed by atoms with Gasteiger partial charge in [-0.25, -0.2) is 4.98 Å². The molecule has 1 aromatic carbocycles. The van der Waals surface area contributed by atoms with Crippen LogP contribution in [-0.2, 0) is 9.59 Å². The van der Waals surface area contributed by atoms with Crippen LogP contribution < -0.4 is 10.6 Å². The van der Waals surface area contributed by atoms with Crippen LogP contribution in [0.25, 0.3) is 11.0 Å². The number of piperazine rings is 1. The number of likely N-dealkylation sites (N-methyl/N-ethyl adjacent to an activating group) is 1. The van der Waals surface area contributed by atoms with Gasteiger partial charge in [0.2, 0.25) is 17.6 Å². The Balaban J connectivity index is 1.26. The topological polar surface area (TPSA) is 108 Å². The Morgan fingerprint density at radius 3 is 2.35 bits per heavy atom. The number of para-hydroxylation sites is 1. The number of amides is 3. The predicted octanol–water partition coefficient (Wildman–Crippen LogP) is 4.25. The number of hydrogen-bond donors (Lipinski definition) is 2. The number of nitrogens with one attached hydrogen (secondary N) is 2. The van der Waals surface area contributed by atoms with E-state index in [1.54, 1.807) is 30.3 Å². The van der Waals surface area contributed by atoms with E-state index in [1.165, 1.54) is 6.20 Å². The first kappa shape index (κ1) is 25.2. The third kappa shape index (κ3) is 5.62. The minimum absolute atomic E-state index is 0.00484. The lowest BCUT2D eigenvalue weighted by atomic mass is 9.80. The van der Waals surface area contributed by atoms with Crippen LogP contribution >= 0.6 is 11.6 Å². The fourth-order valence-corrected chi connectivity index (χ4v) is 5.18. The zero-order valence-corrected chi connectivity index (χ0v) is 21.5. The summed E-state index contributed by atoms with van der Waals surface area (Å²) in [5, 5.41) is 6.74. The van der Waals surface area contributed by atoms with E-state index in [-0.39, 0.29) is 29.4 Å². The molecule has 1 saturated heterocycles. The van der Waals surface area contributed by atoms with Gasteiger partial charge in [0.05, 0.1) is 5.02 Å². The van der Waals surface area contributed by atoms with Crippen LogP contribution in [0.15, 0.2) is 47.0 Å². The minimum atomic E-state index is -0.525. The molecule has 10 heteroatoms. The van der Waals surface area contributed by atoms with Crippen molar-refractivity contribution in [2.45, 2.75) is 25.7 Å². The van der Waals surface area contributed by atoms with Gasteiger partial charge < -0.3 is 24.9 Å². The molecule has 0 unspecified atom stereocenters. The second-order valence-electron chi connectivity index (χ2n) is 9.78. The van der Waals surface area contributed by atoms with E-state index in [4.69, 9.17) is 16.0 Å². The molecule has 1 aliphatic carbocycles. The largest absolute Gasteiger partial charge is 0.449 e. The summed E-state index contributed by atoms with van der Waals surface area (Å²) in [6, 6.07) is 10.4. The summed E-state index contributed by atoms with van der Waals surface area (Å²) in [6.45, 7) is 3.32. The molecule has 0 atom stereocenters. The first-order chi connectivity index (χ1) is 17.9. The highest BCUT2D eigenvalue weighted by Crippen LogP contribution is 2.35. The third-order valence-corrected chi connectivity index (χ3v) is 7.50. The molecule has 2 N–H and O–H groups in total. The first-order valence-corrected chi connectivity index (χ1v) is 13.0. The smallest absolute Gasteiger partial charge is 0.294 e. The number of hydrogen-bond acceptors (Lipinski definition) is 6. The standard InChI is InChI=1S/C27H30ClN5O4/c1-32-12-14-33(15-13-32)27(36)18-8-6-17(7-9-18)25(34)31-23-20-4-2-3-5-21(20)37-24(23)26(35)30-22-11-10-19(28)16-29-22/h2-5,10-11,16-18H,6-9,12-15H2,1H3,(H,31,34)(H,29,30,35)/t17-,18-. The molecule has 2 aromatic heterocycles. The van der Waals surface area contributed by atoms with Crippen LogP contribution in [0, 0.1) is 11.8 Å². The number of anilines is 2. The lowest BCUT2D eigenvalue weighted by Crippen LogP contribution is -2.49. The molecule has 1 aliphatic heterocycles. The number of rotatable bonds is 5. The Kier molecular flexibility index (Phi) is 7.43. The van der Waals surface area contributed by atoms with Crippen molar-refractivity contribution in [3.63, 3.8) is 0 Å². The zero-order chi connectivity index (χ0) is 25.9. The lowest BCUT2D eigenvalue weighted by molar-refractivity contribution is -0.139. The molecule has 9 nitrogen and oxygen atoms in total. The van der Waals surface area contributed by atoms with Gasteiger partial charge in [0, 0.05) is 49.6 Å². The van der Waals surface area contributed by atoms with Crippen molar-refractivity contribution in [3.05, 3.63) is 53.4 Å². The maximum atomic E-state index is 13.3. The third-order valence-electron chi connectivity index (χ3n) is 7.28. The number of nitrogens with zero attached hydrogens (tertiary/aromatic N) is 3. The van der Waals surface area contributed by atoms with Gasteiger partial charge in [-0.15, -0.1) is 0 Å². The molecule has 5 rings (SSSR count). The Labute approximate surface area is 220 Å². The fourth-order valence-electron chi connectivity index (χ4n) is 5.07. The molecule has 1 saturated carbocycles. The van der Waals surface area contributed by atoms with Crippen LogP contribution in [0.1, 0.15) is 36.2 Å². The molecule has 0 spiro atoms. The van der Waals surface area contributed by atoms with Crippen molar-refractivity contribution >= 4 is 51.8 Å². The number of carbonyl (C=O) groups excluding carboxylic acids is 3. The number of aromatic nitrogens is 1. The van der Waals surface area contributed by atoms with E-state index in [1.807, 2.05) is 11.0 Å². The monoisotopic (exact) mass is 523 g/mol. The van der Waals surface area contributed by atoms with Crippen LogP contribution in [0.3, 0.4) is 0 Å². The number of fused-ring (bicyclic) bond motifs is 1. The second kappa shape index (κ2) is 10.9. The van der Waals surface area contributed by atoms with Gasteiger partial charge in [-0.2, -0.15) is 0 Å². The van der Waals surface area contributed by atoms with E-state index in [9.17, 15) is 14.4 Å². The molecule has 0 radical (unpaired) electrons. The quantitative estimate of drug-likeness (QED) is 0.517. The molecule has 194 valence electrons. The van der Waals surface area contributed by atoms with E-state index in [2.05, 4.69) is 27.6 Å². The fraction of sp³-hybridized carbons (Fsp3) is 0.407. The molecule has 3 heterocycles. The van der Waals surface area contributed by atoms with Crippen molar-refractivity contribution < 1.29 is 18.8 Å². The predicted molar refractivity (Wildman–Crippen MR) is 142 cm³/mol. The molecule has 2 fully saturated rings. The van der Waals surface area contributed by atoms with Crippen molar-refractivity contribution in [1.82, 2.24) is 14.8 Å². The summed E-state index contributed by atoms with van der Waals surface area (Å²) in [7, 11) is 2.07. The molecular formula is C27H30ClN5O4. The number of pyridine rings is 1. The maximum Gasteiger partial charge on any atom is 0.294 e. The molecule has 3 amide bonds. The Hall–Kier alpha value is -3.43. The number of furan rings is 1. The average Bonchev–Trinajstić information content (AvgIpc) is 3.28. The van der Waals surface area contributed by atoms with Crippen LogP contribution in [0.4, 0.5) is 11.5 Å². The van der Waals surface area contributed by atoms with E-state index in [0.717, 1.165) is 26.2 Å². The van der Waals surface area contributed by atoms with Crippen LogP contribution in [0.2, 0.25) is 5.02 Å². The number of halogens is 1. The van der Waals surface area contributed by atoms with E-state index in [0.29, 0.717) is 53.2 Å². The average molecular weight is 524 g/mol. The van der Waals surface area contributed by atoms with E-state index < -0.39 is 5.91 Å². The molecular weight excluding hydrogens is 494 g/mol. The van der Waals surface area contributed by atoms with Crippen molar-refractivity contribution in [3.8, 4) is 0 Å². The lowest BCUT2D eigenvalue weighted by Gasteiger charge is -2.36. The Morgan fingerprint density at radius 1 is 0.946 bits per heavy atom. The summed E-state index contributed by atoms with van der Waals surface area (Å²) in [5.41, 5.74) is 0.830. The second-order valence-corrected chi connectivity index (χ2v) is 10.2. The normalized spacial score (nSPS) is 20.5. The van der Waals surface area contributed by atoms with Crippen LogP contribution in [-0.4, -0.2) is 65.7 Å². The van der Waals surface area contributed by atoms with Crippen molar-refractivity contribution in [2.24, 2.45) is 11.8 Å². The zero-order valence-electron chi connectivity index (χ0n) is 20.7. The highest BCUT2D eigenvalue weighted by Gasteiger charge is 2.34. The van der Waals surface area contributed by atoms with Gasteiger partial charge in [-0.05, 0) is 57.0 Å². The Bertz CT molecular complexity index is 1290. The molecule has 0 bridgehead atoms. The van der Waals surface area contributed by atoms with Gasteiger partial charge in [-0.3, -0.25) is 14.4 Å².